The second-order valence-electron chi connectivity index (χ2n) is 21.1. The van der Waals surface area contributed by atoms with E-state index in [9.17, 15) is 24.0 Å². The first-order valence-electron chi connectivity index (χ1n) is 21.0. The third-order valence-corrected chi connectivity index (χ3v) is 14.4. The van der Waals surface area contributed by atoms with Crippen LogP contribution in [0.3, 0.4) is 0 Å². The van der Waals surface area contributed by atoms with E-state index in [1.807, 2.05) is 83.1 Å². The lowest BCUT2D eigenvalue weighted by molar-refractivity contribution is -0.227. The van der Waals surface area contributed by atoms with E-state index >= 15 is 4.79 Å². The van der Waals surface area contributed by atoms with Crippen LogP contribution in [0, 0.1) is 28.1 Å². The number of rotatable bonds is 3. The minimum absolute atomic E-state index is 0.0676. The number of carbonyl (C=O) groups is 6. The minimum atomic E-state index is -1.35. The van der Waals surface area contributed by atoms with Gasteiger partial charge in [-0.1, -0.05) is 34.6 Å². The second kappa shape index (κ2) is 14.7. The molecular formula is C47H64N2O10. The zero-order valence-electron chi connectivity index (χ0n) is 37.6. The van der Waals surface area contributed by atoms with Gasteiger partial charge < -0.3 is 18.9 Å². The summed E-state index contributed by atoms with van der Waals surface area (Å²) in [7, 11) is 0. The first kappa shape index (κ1) is 44.7. The number of hydrogen-bond acceptors (Lipinski definition) is 10. The molecule has 1 unspecified atom stereocenters. The van der Waals surface area contributed by atoms with Gasteiger partial charge in [0.1, 0.15) is 25.0 Å². The molecule has 1 fully saturated rings. The Balaban J connectivity index is 1.43. The lowest BCUT2D eigenvalue weighted by atomic mass is 9.58. The van der Waals surface area contributed by atoms with Gasteiger partial charge in [0.15, 0.2) is 0 Å². The van der Waals surface area contributed by atoms with Crippen molar-refractivity contribution in [3.05, 3.63) is 46.5 Å². The van der Waals surface area contributed by atoms with Crippen molar-refractivity contribution >= 4 is 46.0 Å². The summed E-state index contributed by atoms with van der Waals surface area (Å²) in [5.74, 6) is -2.86. The number of ketones is 2. The maximum absolute atomic E-state index is 15.2. The second-order valence-corrected chi connectivity index (χ2v) is 21.1. The van der Waals surface area contributed by atoms with Gasteiger partial charge in [-0.15, -0.1) is 0 Å². The Bertz CT molecular complexity index is 2040. The van der Waals surface area contributed by atoms with Gasteiger partial charge in [0.05, 0.1) is 41.0 Å². The Labute approximate surface area is 349 Å². The summed E-state index contributed by atoms with van der Waals surface area (Å²) < 4.78 is 26.4. The lowest BCUT2D eigenvalue weighted by Gasteiger charge is -2.54. The van der Waals surface area contributed by atoms with Crippen molar-refractivity contribution < 1.29 is 47.7 Å². The highest BCUT2D eigenvalue weighted by molar-refractivity contribution is 6.33. The molecule has 0 spiro atoms. The van der Waals surface area contributed by atoms with Gasteiger partial charge in [-0.2, -0.15) is 0 Å². The molecule has 4 amide bonds. The quantitative estimate of drug-likeness (QED) is 0.278. The largest absolute Gasteiger partial charge is 0.374 e. The molecule has 8 aliphatic rings. The van der Waals surface area contributed by atoms with Crippen molar-refractivity contribution in [2.45, 2.75) is 145 Å². The van der Waals surface area contributed by atoms with Crippen molar-refractivity contribution in [2.24, 2.45) is 28.1 Å². The standard InChI is InChI=1S/C47H64N2O10/c1-41(2,3)35(50)27-15-17-28(18-16-27)36(51)47(14)45(10,11)57-24-42(4,5)23-56-43(6,7)44(8,9)58-25-48-37(52)29-19-21-31-34-32(22-20-30(33(29)34)38(48)53)40(55)49(39(31)54)26-59-46(47,12)13/h19-22,27-28H,15-18,23-26H2,1-14H3. The first-order chi connectivity index (χ1) is 27.0. The Morgan fingerprint density at radius 2 is 0.847 bits per heavy atom. The van der Waals surface area contributed by atoms with Crippen LogP contribution in [-0.4, -0.2) is 94.1 Å². The molecule has 0 radical (unpaired) electrons. The number of carbonyl (C=O) groups excluding carboxylic acids is 6. The van der Waals surface area contributed by atoms with Crippen molar-refractivity contribution in [2.75, 3.05) is 26.7 Å². The molecule has 0 aromatic heterocycles. The topological polar surface area (TPSA) is 146 Å². The Hall–Kier alpha value is -3.84. The molecule has 59 heavy (non-hydrogen) atoms. The van der Waals surface area contributed by atoms with E-state index in [4.69, 9.17) is 18.9 Å². The highest BCUT2D eigenvalue weighted by atomic mass is 16.6. The summed E-state index contributed by atoms with van der Waals surface area (Å²) in [6.07, 6.45) is 2.28. The predicted octanol–water partition coefficient (Wildman–Crippen LogP) is 8.16. The normalized spacial score (nSPS) is 28.3. The third-order valence-electron chi connectivity index (χ3n) is 14.4. The first-order valence-corrected chi connectivity index (χ1v) is 21.0. The van der Waals surface area contributed by atoms with E-state index in [0.717, 1.165) is 9.80 Å². The molecule has 322 valence electrons. The van der Waals surface area contributed by atoms with E-state index in [1.54, 1.807) is 13.8 Å². The number of hydrogen-bond donors (Lipinski definition) is 0. The van der Waals surface area contributed by atoms with Gasteiger partial charge in [-0.3, -0.25) is 28.8 Å². The van der Waals surface area contributed by atoms with Crippen molar-refractivity contribution in [1.29, 1.82) is 0 Å². The molecule has 7 aliphatic heterocycles. The van der Waals surface area contributed by atoms with Crippen molar-refractivity contribution in [1.82, 2.24) is 9.80 Å². The van der Waals surface area contributed by atoms with Gasteiger partial charge in [0.2, 0.25) is 0 Å². The number of benzene rings is 2. The van der Waals surface area contributed by atoms with Crippen LogP contribution in [0.2, 0.25) is 0 Å². The lowest BCUT2D eigenvalue weighted by Crippen LogP contribution is -2.64. The van der Waals surface area contributed by atoms with Crippen molar-refractivity contribution in [3.8, 4) is 0 Å². The summed E-state index contributed by atoms with van der Waals surface area (Å²) in [6.45, 7) is 26.1. The summed E-state index contributed by atoms with van der Waals surface area (Å²) in [4.78, 5) is 87.1. The summed E-state index contributed by atoms with van der Waals surface area (Å²) in [6, 6.07) is 6.03. The van der Waals surface area contributed by atoms with Gasteiger partial charge in [-0.05, 0) is 112 Å². The fourth-order valence-electron chi connectivity index (χ4n) is 9.05. The maximum Gasteiger partial charge on any atom is 0.263 e. The van der Waals surface area contributed by atoms with Crippen LogP contribution in [0.4, 0.5) is 0 Å². The van der Waals surface area contributed by atoms with Gasteiger partial charge in [0, 0.05) is 55.7 Å². The molecule has 1 aliphatic carbocycles. The van der Waals surface area contributed by atoms with Crippen LogP contribution < -0.4 is 0 Å². The van der Waals surface area contributed by atoms with Gasteiger partial charge >= 0.3 is 0 Å². The van der Waals surface area contributed by atoms with Crippen LogP contribution in [-0.2, 0) is 28.5 Å². The van der Waals surface area contributed by atoms with E-state index in [1.165, 1.54) is 24.3 Å². The average molecular weight is 817 g/mol. The van der Waals surface area contributed by atoms with Gasteiger partial charge in [0.25, 0.3) is 23.6 Å². The molecule has 1 atom stereocenters. The third kappa shape index (κ3) is 7.39. The van der Waals surface area contributed by atoms with E-state index < -0.39 is 69.0 Å². The fraction of sp³-hybridized carbons (Fsp3) is 0.660. The summed E-state index contributed by atoms with van der Waals surface area (Å²) in [5, 5.41) is 0.486. The minimum Gasteiger partial charge on any atom is -0.374 e. The highest BCUT2D eigenvalue weighted by Gasteiger charge is 2.60. The van der Waals surface area contributed by atoms with Crippen LogP contribution in [0.5, 0.6) is 0 Å². The number of ether oxygens (including phenoxy) is 4. The Morgan fingerprint density at radius 1 is 0.525 bits per heavy atom. The van der Waals surface area contributed by atoms with Crippen LogP contribution in [0.1, 0.15) is 164 Å². The molecule has 1 saturated carbocycles. The molecule has 2 aromatic rings. The Kier molecular flexibility index (Phi) is 11.1. The molecule has 8 bridgehead atoms. The van der Waals surface area contributed by atoms with E-state index in [-0.39, 0.29) is 76.4 Å². The zero-order chi connectivity index (χ0) is 44.1. The van der Waals surface area contributed by atoms with Crippen LogP contribution >= 0.6 is 0 Å². The van der Waals surface area contributed by atoms with Gasteiger partial charge in [-0.25, -0.2) is 9.80 Å². The maximum atomic E-state index is 15.2. The number of imide groups is 2. The average Bonchev–Trinajstić information content (AvgIpc) is 3.15. The van der Waals surface area contributed by atoms with Crippen molar-refractivity contribution in [3.63, 3.8) is 0 Å². The molecule has 10 rings (SSSR count). The molecular weight excluding hydrogens is 753 g/mol. The fourth-order valence-corrected chi connectivity index (χ4v) is 9.05. The zero-order valence-corrected chi connectivity index (χ0v) is 37.6. The SMILES string of the molecule is CC1(C)COC(C)(C)C(C)(C)OCN2C(=O)c3ccc4c5c(ccc(c35)C2=O)C(=O)N(COC(C)(C)C(C)(C(=O)C2CCC(C(=O)C(C)(C)C)CC2)C(C)(C)OC1)C4=O. The Morgan fingerprint density at radius 3 is 1.24 bits per heavy atom. The van der Waals surface area contributed by atoms with Crippen LogP contribution in [0.15, 0.2) is 24.3 Å². The number of nitrogens with zero attached hydrogens (tertiary/aromatic N) is 2. The monoisotopic (exact) mass is 816 g/mol. The molecule has 2 aromatic carbocycles. The van der Waals surface area contributed by atoms with Crippen LogP contribution in [0.25, 0.3) is 10.8 Å². The predicted molar refractivity (Wildman–Crippen MR) is 222 cm³/mol. The summed E-state index contributed by atoms with van der Waals surface area (Å²) >= 11 is 0. The highest BCUT2D eigenvalue weighted by Crippen LogP contribution is 2.51. The number of amides is 4. The van der Waals surface area contributed by atoms with E-state index in [2.05, 4.69) is 0 Å². The molecule has 12 nitrogen and oxygen atoms in total. The molecule has 12 heteroatoms. The number of Topliss-reactive ketones (excluding diaryl/α,β-unsaturated/α-hetero) is 2. The number of fused-ring (bicyclic) bond motifs is 2. The molecule has 0 N–H and O–H groups in total. The molecule has 0 saturated heterocycles. The van der Waals surface area contributed by atoms with E-state index in [0.29, 0.717) is 25.7 Å². The summed E-state index contributed by atoms with van der Waals surface area (Å²) in [5.41, 5.74) is -6.13. The molecule has 7 heterocycles. The smallest absolute Gasteiger partial charge is 0.263 e.